The SMILES string of the molecule is Cc1nc(Cc2c(C)nn(-c3ccccc3)c2C)n(CCO)n1. The highest BCUT2D eigenvalue weighted by Gasteiger charge is 2.16. The summed E-state index contributed by atoms with van der Waals surface area (Å²) in [6.07, 6.45) is 0.658. The zero-order valence-electron chi connectivity index (χ0n) is 13.7. The van der Waals surface area contributed by atoms with E-state index in [9.17, 15) is 5.11 Å². The van der Waals surface area contributed by atoms with Crippen LogP contribution >= 0.6 is 0 Å². The molecule has 2 heterocycles. The number of aliphatic hydroxyl groups excluding tert-OH is 1. The van der Waals surface area contributed by atoms with Gasteiger partial charge in [0, 0.05) is 17.7 Å². The third-order valence-electron chi connectivity index (χ3n) is 3.94. The second-order valence-electron chi connectivity index (χ2n) is 5.60. The maximum absolute atomic E-state index is 9.18. The maximum Gasteiger partial charge on any atom is 0.147 e. The van der Waals surface area contributed by atoms with Crippen LogP contribution in [0.1, 0.15) is 28.6 Å². The summed E-state index contributed by atoms with van der Waals surface area (Å²) in [5, 5.41) is 18.2. The Hall–Kier alpha value is -2.47. The molecule has 120 valence electrons. The molecule has 1 N–H and O–H groups in total. The van der Waals surface area contributed by atoms with Crippen molar-refractivity contribution < 1.29 is 5.11 Å². The molecule has 0 saturated carbocycles. The molecule has 0 bridgehead atoms. The van der Waals surface area contributed by atoms with Crippen molar-refractivity contribution in [2.45, 2.75) is 33.7 Å². The number of benzene rings is 1. The standard InChI is InChI=1S/C17H21N5O/c1-12-16(11-17-18-14(3)20-21(17)9-10-23)13(2)22(19-12)15-7-5-4-6-8-15/h4-8,23H,9-11H2,1-3H3. The number of rotatable bonds is 5. The van der Waals surface area contributed by atoms with Gasteiger partial charge in [-0.1, -0.05) is 18.2 Å². The molecular weight excluding hydrogens is 290 g/mol. The number of aryl methyl sites for hydroxylation is 2. The highest BCUT2D eigenvalue weighted by Crippen LogP contribution is 2.20. The van der Waals surface area contributed by atoms with E-state index in [0.29, 0.717) is 13.0 Å². The second kappa shape index (κ2) is 6.34. The summed E-state index contributed by atoms with van der Waals surface area (Å²) < 4.78 is 3.73. The third kappa shape index (κ3) is 3.03. The van der Waals surface area contributed by atoms with Gasteiger partial charge < -0.3 is 5.11 Å². The molecule has 3 rings (SSSR count). The molecule has 6 nitrogen and oxygen atoms in total. The van der Waals surface area contributed by atoms with Gasteiger partial charge in [-0.2, -0.15) is 10.2 Å². The minimum atomic E-state index is 0.0526. The zero-order chi connectivity index (χ0) is 16.4. The van der Waals surface area contributed by atoms with Crippen molar-refractivity contribution in [1.82, 2.24) is 24.5 Å². The van der Waals surface area contributed by atoms with Crippen LogP contribution in [0.4, 0.5) is 0 Å². The fourth-order valence-corrected chi connectivity index (χ4v) is 2.81. The molecule has 0 aliphatic heterocycles. The fourth-order valence-electron chi connectivity index (χ4n) is 2.81. The largest absolute Gasteiger partial charge is 0.394 e. The van der Waals surface area contributed by atoms with Crippen molar-refractivity contribution in [1.29, 1.82) is 0 Å². The molecule has 3 aromatic rings. The number of hydrogen-bond acceptors (Lipinski definition) is 4. The van der Waals surface area contributed by atoms with Crippen LogP contribution in [0.25, 0.3) is 5.69 Å². The van der Waals surface area contributed by atoms with E-state index in [1.54, 1.807) is 4.68 Å². The van der Waals surface area contributed by atoms with E-state index >= 15 is 0 Å². The first-order valence-corrected chi connectivity index (χ1v) is 7.72. The normalized spacial score (nSPS) is 11.1. The molecule has 23 heavy (non-hydrogen) atoms. The predicted molar refractivity (Wildman–Crippen MR) is 87.7 cm³/mol. The first-order valence-electron chi connectivity index (χ1n) is 7.72. The lowest BCUT2D eigenvalue weighted by Crippen LogP contribution is -2.10. The Morgan fingerprint density at radius 2 is 1.78 bits per heavy atom. The summed E-state index contributed by atoms with van der Waals surface area (Å²) in [7, 11) is 0. The van der Waals surface area contributed by atoms with Gasteiger partial charge in [-0.05, 0) is 32.9 Å². The second-order valence-corrected chi connectivity index (χ2v) is 5.60. The third-order valence-corrected chi connectivity index (χ3v) is 3.94. The van der Waals surface area contributed by atoms with Gasteiger partial charge in [0.2, 0.25) is 0 Å². The fraction of sp³-hybridized carbons (Fsp3) is 0.353. The summed E-state index contributed by atoms with van der Waals surface area (Å²) in [5.74, 6) is 1.58. The lowest BCUT2D eigenvalue weighted by atomic mass is 10.1. The van der Waals surface area contributed by atoms with Gasteiger partial charge >= 0.3 is 0 Å². The van der Waals surface area contributed by atoms with Crippen molar-refractivity contribution in [2.24, 2.45) is 0 Å². The van der Waals surface area contributed by atoms with Crippen LogP contribution in [0.15, 0.2) is 30.3 Å². The summed E-state index contributed by atoms with van der Waals surface area (Å²) in [6, 6.07) is 10.1. The summed E-state index contributed by atoms with van der Waals surface area (Å²) >= 11 is 0. The molecule has 0 aliphatic rings. The molecule has 0 aliphatic carbocycles. The molecule has 1 aromatic carbocycles. The average molecular weight is 311 g/mol. The van der Waals surface area contributed by atoms with E-state index in [2.05, 4.69) is 22.1 Å². The number of nitrogens with zero attached hydrogens (tertiary/aromatic N) is 5. The van der Waals surface area contributed by atoms with E-state index in [-0.39, 0.29) is 6.61 Å². The number of aromatic nitrogens is 5. The predicted octanol–water partition coefficient (Wildman–Crippen LogP) is 1.97. The molecule has 0 unspecified atom stereocenters. The number of aliphatic hydroxyl groups is 1. The Morgan fingerprint density at radius 3 is 2.48 bits per heavy atom. The van der Waals surface area contributed by atoms with Crippen LogP contribution < -0.4 is 0 Å². The number of para-hydroxylation sites is 1. The van der Waals surface area contributed by atoms with Gasteiger partial charge in [-0.15, -0.1) is 0 Å². The van der Waals surface area contributed by atoms with Crippen LogP contribution in [0, 0.1) is 20.8 Å². The van der Waals surface area contributed by atoms with Gasteiger partial charge in [0.1, 0.15) is 11.6 Å². The van der Waals surface area contributed by atoms with Gasteiger partial charge in [-0.3, -0.25) is 0 Å². The molecule has 6 heteroatoms. The van der Waals surface area contributed by atoms with E-state index in [1.807, 2.05) is 48.9 Å². The van der Waals surface area contributed by atoms with E-state index in [0.717, 1.165) is 34.3 Å². The van der Waals surface area contributed by atoms with Crippen molar-refractivity contribution >= 4 is 0 Å². The lowest BCUT2D eigenvalue weighted by molar-refractivity contribution is 0.267. The van der Waals surface area contributed by atoms with Crippen molar-refractivity contribution in [3.63, 3.8) is 0 Å². The topological polar surface area (TPSA) is 68.8 Å². The molecule has 0 atom stereocenters. The average Bonchev–Trinajstić information content (AvgIpc) is 3.03. The molecule has 2 aromatic heterocycles. The Balaban J connectivity index is 1.97. The lowest BCUT2D eigenvalue weighted by Gasteiger charge is -2.06. The molecule has 0 radical (unpaired) electrons. The monoisotopic (exact) mass is 311 g/mol. The first-order chi connectivity index (χ1) is 11.1. The van der Waals surface area contributed by atoms with Crippen LogP contribution in [0.3, 0.4) is 0 Å². The van der Waals surface area contributed by atoms with E-state index in [1.165, 1.54) is 0 Å². The minimum absolute atomic E-state index is 0.0526. The van der Waals surface area contributed by atoms with Crippen LogP contribution in [0.5, 0.6) is 0 Å². The highest BCUT2D eigenvalue weighted by atomic mass is 16.3. The summed E-state index contributed by atoms with van der Waals surface area (Å²) in [6.45, 7) is 6.46. The Morgan fingerprint density at radius 1 is 1.04 bits per heavy atom. The summed E-state index contributed by atoms with van der Waals surface area (Å²) in [4.78, 5) is 4.49. The maximum atomic E-state index is 9.18. The Bertz CT molecular complexity index is 804. The van der Waals surface area contributed by atoms with E-state index in [4.69, 9.17) is 0 Å². The molecule has 0 amide bonds. The van der Waals surface area contributed by atoms with Crippen molar-refractivity contribution in [3.8, 4) is 5.69 Å². The van der Waals surface area contributed by atoms with Crippen molar-refractivity contribution in [2.75, 3.05) is 6.61 Å². The van der Waals surface area contributed by atoms with Crippen LogP contribution in [-0.2, 0) is 13.0 Å². The Kier molecular flexibility index (Phi) is 4.25. The van der Waals surface area contributed by atoms with Crippen LogP contribution in [0.2, 0.25) is 0 Å². The van der Waals surface area contributed by atoms with Gasteiger partial charge in [0.25, 0.3) is 0 Å². The molecular formula is C17H21N5O. The molecule has 0 spiro atoms. The molecule has 0 fully saturated rings. The smallest absolute Gasteiger partial charge is 0.147 e. The van der Waals surface area contributed by atoms with E-state index < -0.39 is 0 Å². The van der Waals surface area contributed by atoms with Crippen LogP contribution in [-0.4, -0.2) is 36.3 Å². The quantitative estimate of drug-likeness (QED) is 0.782. The van der Waals surface area contributed by atoms with Crippen molar-refractivity contribution in [3.05, 3.63) is 58.9 Å². The van der Waals surface area contributed by atoms with Gasteiger partial charge in [0.15, 0.2) is 0 Å². The zero-order valence-corrected chi connectivity index (χ0v) is 13.7. The Labute approximate surface area is 135 Å². The minimum Gasteiger partial charge on any atom is -0.394 e. The van der Waals surface area contributed by atoms with Gasteiger partial charge in [0.05, 0.1) is 24.5 Å². The summed E-state index contributed by atoms with van der Waals surface area (Å²) in [5.41, 5.74) is 4.29. The molecule has 0 saturated heterocycles. The first kappa shape index (κ1) is 15.4. The highest BCUT2D eigenvalue weighted by molar-refractivity contribution is 5.38. The number of hydrogen-bond donors (Lipinski definition) is 1. The van der Waals surface area contributed by atoms with Gasteiger partial charge in [-0.25, -0.2) is 14.3 Å².